The van der Waals surface area contributed by atoms with Gasteiger partial charge in [-0.25, -0.2) is 9.50 Å². The average Bonchev–Trinajstić information content (AvgIpc) is 3.32. The zero-order chi connectivity index (χ0) is 24.6. The number of aryl methyl sites for hydroxylation is 2. The third-order valence-electron chi connectivity index (χ3n) is 5.22. The molecule has 0 saturated heterocycles. The summed E-state index contributed by atoms with van der Waals surface area (Å²) >= 11 is 12.0. The molecule has 178 valence electrons. The van der Waals surface area contributed by atoms with Gasteiger partial charge in [0.15, 0.2) is 17.0 Å². The van der Waals surface area contributed by atoms with Crippen molar-refractivity contribution >= 4 is 34.8 Å². The number of carbonyl (C=O) groups is 1. The SMILES string of the molecule is Cc1nn(CCCNC(=O)c2cc3nc(-c4ccc(Cl)cc4)cc(C(F)(F)F)n3n2)c(C)c1Cl. The Morgan fingerprint density at radius 2 is 1.79 bits per heavy atom. The van der Waals surface area contributed by atoms with Gasteiger partial charge in [-0.1, -0.05) is 35.3 Å². The Balaban J connectivity index is 1.54. The summed E-state index contributed by atoms with van der Waals surface area (Å²) in [4.78, 5) is 16.8. The molecule has 0 aliphatic carbocycles. The molecule has 12 heteroatoms. The Labute approximate surface area is 202 Å². The molecular weight excluding hydrogens is 492 g/mol. The summed E-state index contributed by atoms with van der Waals surface area (Å²) in [6.07, 6.45) is -4.16. The number of nitrogens with one attached hydrogen (secondary N) is 1. The lowest BCUT2D eigenvalue weighted by atomic mass is 10.1. The number of hydrogen-bond acceptors (Lipinski definition) is 4. The van der Waals surface area contributed by atoms with Crippen LogP contribution in [0.3, 0.4) is 0 Å². The molecule has 3 heterocycles. The van der Waals surface area contributed by atoms with E-state index in [1.54, 1.807) is 35.9 Å². The normalized spacial score (nSPS) is 11.9. The minimum Gasteiger partial charge on any atom is -0.351 e. The van der Waals surface area contributed by atoms with Crippen LogP contribution in [0.4, 0.5) is 13.2 Å². The van der Waals surface area contributed by atoms with Crippen molar-refractivity contribution in [1.82, 2.24) is 29.7 Å². The first-order chi connectivity index (χ1) is 16.0. The fourth-order valence-corrected chi connectivity index (χ4v) is 3.73. The van der Waals surface area contributed by atoms with Gasteiger partial charge in [0.1, 0.15) is 0 Å². The van der Waals surface area contributed by atoms with E-state index >= 15 is 0 Å². The molecule has 1 amide bonds. The lowest BCUT2D eigenvalue weighted by molar-refractivity contribution is -0.142. The molecule has 0 atom stereocenters. The van der Waals surface area contributed by atoms with Gasteiger partial charge in [0.2, 0.25) is 0 Å². The van der Waals surface area contributed by atoms with Crippen molar-refractivity contribution in [3.05, 3.63) is 69.2 Å². The van der Waals surface area contributed by atoms with Gasteiger partial charge in [0, 0.05) is 29.7 Å². The zero-order valence-electron chi connectivity index (χ0n) is 18.1. The van der Waals surface area contributed by atoms with E-state index < -0.39 is 17.8 Å². The number of hydrogen-bond donors (Lipinski definition) is 1. The molecule has 0 fully saturated rings. The number of alkyl halides is 3. The van der Waals surface area contributed by atoms with Crippen LogP contribution < -0.4 is 5.32 Å². The van der Waals surface area contributed by atoms with Gasteiger partial charge in [-0.2, -0.15) is 23.4 Å². The van der Waals surface area contributed by atoms with E-state index in [0.29, 0.717) is 33.1 Å². The van der Waals surface area contributed by atoms with Crippen LogP contribution in [0.2, 0.25) is 10.0 Å². The van der Waals surface area contributed by atoms with E-state index in [9.17, 15) is 18.0 Å². The predicted molar refractivity (Wildman–Crippen MR) is 122 cm³/mol. The number of rotatable bonds is 6. The second-order valence-corrected chi connectivity index (χ2v) is 8.46. The number of fused-ring (bicyclic) bond motifs is 1. The van der Waals surface area contributed by atoms with E-state index in [-0.39, 0.29) is 23.6 Å². The Kier molecular flexibility index (Phi) is 6.55. The number of benzene rings is 1. The highest BCUT2D eigenvalue weighted by Crippen LogP contribution is 2.32. The largest absolute Gasteiger partial charge is 0.433 e. The fraction of sp³-hybridized carbons (Fsp3) is 0.273. The van der Waals surface area contributed by atoms with Gasteiger partial charge in [-0.05, 0) is 38.5 Å². The van der Waals surface area contributed by atoms with E-state index in [4.69, 9.17) is 23.2 Å². The molecule has 4 aromatic rings. The van der Waals surface area contributed by atoms with Gasteiger partial charge in [-0.3, -0.25) is 9.48 Å². The van der Waals surface area contributed by atoms with Crippen molar-refractivity contribution < 1.29 is 18.0 Å². The Morgan fingerprint density at radius 1 is 1.09 bits per heavy atom. The van der Waals surface area contributed by atoms with Crippen molar-refractivity contribution in [2.45, 2.75) is 33.0 Å². The minimum atomic E-state index is -4.71. The van der Waals surface area contributed by atoms with Crippen molar-refractivity contribution in [3.63, 3.8) is 0 Å². The average molecular weight is 511 g/mol. The third-order valence-corrected chi connectivity index (χ3v) is 6.01. The number of aromatic nitrogens is 5. The molecule has 0 aliphatic rings. The maximum absolute atomic E-state index is 13.7. The van der Waals surface area contributed by atoms with Crippen LogP contribution in [0.15, 0.2) is 36.4 Å². The summed E-state index contributed by atoms with van der Waals surface area (Å²) < 4.78 is 43.6. The van der Waals surface area contributed by atoms with E-state index in [1.165, 1.54) is 6.07 Å². The maximum atomic E-state index is 13.7. The lowest BCUT2D eigenvalue weighted by Crippen LogP contribution is -2.26. The third kappa shape index (κ3) is 4.88. The summed E-state index contributed by atoms with van der Waals surface area (Å²) in [6.45, 7) is 4.45. The van der Waals surface area contributed by atoms with Gasteiger partial charge in [-0.15, -0.1) is 0 Å². The molecule has 0 unspecified atom stereocenters. The number of amides is 1. The Morgan fingerprint density at radius 3 is 2.41 bits per heavy atom. The summed E-state index contributed by atoms with van der Waals surface area (Å²) in [5.41, 5.74) is 0.790. The molecule has 0 bridgehead atoms. The van der Waals surface area contributed by atoms with Crippen LogP contribution in [-0.2, 0) is 12.7 Å². The topological polar surface area (TPSA) is 77.1 Å². The van der Waals surface area contributed by atoms with Gasteiger partial charge in [0.25, 0.3) is 5.91 Å². The van der Waals surface area contributed by atoms with Crippen molar-refractivity contribution in [2.75, 3.05) is 6.54 Å². The highest BCUT2D eigenvalue weighted by molar-refractivity contribution is 6.31. The summed E-state index contributed by atoms with van der Waals surface area (Å²) in [7, 11) is 0. The van der Waals surface area contributed by atoms with E-state index in [0.717, 1.165) is 17.5 Å². The summed E-state index contributed by atoms with van der Waals surface area (Å²) in [6, 6.07) is 8.38. The monoisotopic (exact) mass is 510 g/mol. The molecule has 34 heavy (non-hydrogen) atoms. The maximum Gasteiger partial charge on any atom is 0.433 e. The molecule has 0 aliphatic heterocycles. The fourth-order valence-electron chi connectivity index (χ4n) is 3.47. The van der Waals surface area contributed by atoms with Gasteiger partial charge >= 0.3 is 6.18 Å². The second kappa shape index (κ2) is 9.27. The van der Waals surface area contributed by atoms with Crippen LogP contribution >= 0.6 is 23.2 Å². The molecule has 0 saturated carbocycles. The second-order valence-electron chi connectivity index (χ2n) is 7.65. The van der Waals surface area contributed by atoms with Gasteiger partial charge < -0.3 is 5.32 Å². The predicted octanol–water partition coefficient (Wildman–Crippen LogP) is 5.36. The van der Waals surface area contributed by atoms with Crippen LogP contribution in [0.25, 0.3) is 16.9 Å². The van der Waals surface area contributed by atoms with E-state index in [2.05, 4.69) is 20.5 Å². The molecular formula is C22H19Cl2F3N6O. The molecule has 1 N–H and O–H groups in total. The molecule has 1 aromatic carbocycles. The molecule has 4 rings (SSSR count). The van der Waals surface area contributed by atoms with Crippen LogP contribution in [0, 0.1) is 13.8 Å². The van der Waals surface area contributed by atoms with Crippen molar-refractivity contribution in [3.8, 4) is 11.3 Å². The standard InChI is InChI=1S/C22H19Cl2F3N6O/c1-12-20(24)13(2)32(30-12)9-3-8-28-21(34)17-11-19-29-16(14-4-6-15(23)7-5-14)10-18(22(25,26)27)33(19)31-17/h4-7,10-11H,3,8-9H2,1-2H3,(H,28,34). The van der Waals surface area contributed by atoms with Gasteiger partial charge in [0.05, 0.1) is 22.1 Å². The highest BCUT2D eigenvalue weighted by atomic mass is 35.5. The highest BCUT2D eigenvalue weighted by Gasteiger charge is 2.35. The first kappa shape index (κ1) is 24.0. The first-order valence-corrected chi connectivity index (χ1v) is 11.0. The molecule has 3 aromatic heterocycles. The number of nitrogens with zero attached hydrogens (tertiary/aromatic N) is 5. The number of carbonyl (C=O) groups excluding carboxylic acids is 1. The van der Waals surface area contributed by atoms with Crippen LogP contribution in [0.1, 0.15) is 34.0 Å². The van der Waals surface area contributed by atoms with Crippen LogP contribution in [-0.4, -0.2) is 36.8 Å². The first-order valence-electron chi connectivity index (χ1n) is 10.3. The number of halogens is 5. The lowest BCUT2D eigenvalue weighted by Gasteiger charge is -2.11. The zero-order valence-corrected chi connectivity index (χ0v) is 19.6. The van der Waals surface area contributed by atoms with Crippen molar-refractivity contribution in [2.24, 2.45) is 0 Å². The summed E-state index contributed by atoms with van der Waals surface area (Å²) in [5, 5.41) is 11.9. The molecule has 7 nitrogen and oxygen atoms in total. The quantitative estimate of drug-likeness (QED) is 0.354. The Bertz CT molecular complexity index is 1360. The smallest absolute Gasteiger partial charge is 0.351 e. The minimum absolute atomic E-state index is 0.0897. The Hall–Kier alpha value is -3.11. The van der Waals surface area contributed by atoms with E-state index in [1.807, 2.05) is 6.92 Å². The molecule has 0 spiro atoms. The molecule has 0 radical (unpaired) electrons. The van der Waals surface area contributed by atoms with Crippen molar-refractivity contribution in [1.29, 1.82) is 0 Å². The van der Waals surface area contributed by atoms with Crippen LogP contribution in [0.5, 0.6) is 0 Å². The summed E-state index contributed by atoms with van der Waals surface area (Å²) in [5.74, 6) is -0.599.